The lowest BCUT2D eigenvalue weighted by atomic mass is 9.78. The number of benzene rings is 7. The van der Waals surface area contributed by atoms with Crippen LogP contribution in [0.4, 0.5) is 0 Å². The van der Waals surface area contributed by atoms with Gasteiger partial charge in [0.15, 0.2) is 0 Å². The summed E-state index contributed by atoms with van der Waals surface area (Å²) in [7, 11) is 2.26. The Kier molecular flexibility index (Phi) is 6.01. The molecule has 0 unspecified atom stereocenters. The van der Waals surface area contributed by atoms with Crippen LogP contribution < -0.4 is 5.46 Å². The number of fused-ring (bicyclic) bond motifs is 9. The van der Waals surface area contributed by atoms with E-state index < -0.39 is 0 Å². The van der Waals surface area contributed by atoms with Crippen LogP contribution in [-0.4, -0.2) is 7.85 Å². The maximum Gasteiger partial charge on any atom is 0.140 e. The Morgan fingerprint density at radius 1 is 0.500 bits per heavy atom. The third kappa shape index (κ3) is 3.79. The van der Waals surface area contributed by atoms with Crippen LogP contribution in [0.25, 0.3) is 72.1 Å². The first kappa shape index (κ1) is 29.0. The average Bonchev–Trinajstić information content (AvgIpc) is 3.47. The summed E-state index contributed by atoms with van der Waals surface area (Å²) in [6.07, 6.45) is 2.09. The summed E-state index contributed by atoms with van der Waals surface area (Å²) >= 11 is 0. The normalized spacial score (nSPS) is 14.9. The van der Waals surface area contributed by atoms with Crippen molar-refractivity contribution in [2.45, 2.75) is 45.4 Å². The van der Waals surface area contributed by atoms with Gasteiger partial charge in [-0.2, -0.15) is 0 Å². The van der Waals surface area contributed by atoms with Gasteiger partial charge in [-0.05, 0) is 118 Å². The minimum atomic E-state index is -0.0495. The smallest absolute Gasteiger partial charge is 0.0984 e. The maximum atomic E-state index is 4.42. The summed E-state index contributed by atoms with van der Waals surface area (Å²) in [5.41, 5.74) is 19.8. The first-order valence-corrected chi connectivity index (χ1v) is 17.2. The van der Waals surface area contributed by atoms with Crippen LogP contribution in [0.1, 0.15) is 61.1 Å². The highest BCUT2D eigenvalue weighted by molar-refractivity contribution is 6.41. The van der Waals surface area contributed by atoms with Crippen LogP contribution in [0.3, 0.4) is 0 Å². The number of aryl methyl sites for hydroxylation is 1. The minimum absolute atomic E-state index is 0.0387. The van der Waals surface area contributed by atoms with Crippen LogP contribution in [0.2, 0.25) is 0 Å². The van der Waals surface area contributed by atoms with E-state index in [1.807, 2.05) is 0 Å². The third-order valence-electron chi connectivity index (χ3n) is 11.7. The highest BCUT2D eigenvalue weighted by Gasteiger charge is 2.36. The SMILES string of the molecule is Bc1cc(-c2ccc3c(c2)C(C)(C)c2ccccc2-3)c(C=C)c2c1ccc1c(-c3ccc4c(c3)C(C)(C)c3ccccc3-4)ccc(C)c12. The van der Waals surface area contributed by atoms with Crippen molar-refractivity contribution in [1.29, 1.82) is 0 Å². The van der Waals surface area contributed by atoms with Gasteiger partial charge >= 0.3 is 0 Å². The molecule has 0 fully saturated rings. The van der Waals surface area contributed by atoms with E-state index in [1.165, 1.54) is 105 Å². The molecular weight excluding hydrogens is 575 g/mol. The predicted molar refractivity (Wildman–Crippen MR) is 210 cm³/mol. The van der Waals surface area contributed by atoms with Crippen molar-refractivity contribution < 1.29 is 0 Å². The van der Waals surface area contributed by atoms with Crippen LogP contribution in [0.15, 0.2) is 122 Å². The second-order valence-electron chi connectivity index (χ2n) is 15.1. The van der Waals surface area contributed by atoms with Gasteiger partial charge in [0.25, 0.3) is 0 Å². The molecule has 230 valence electrons. The van der Waals surface area contributed by atoms with Crippen molar-refractivity contribution in [1.82, 2.24) is 0 Å². The van der Waals surface area contributed by atoms with E-state index in [1.54, 1.807) is 0 Å². The van der Waals surface area contributed by atoms with Gasteiger partial charge in [-0.15, -0.1) is 0 Å². The van der Waals surface area contributed by atoms with Crippen molar-refractivity contribution in [2.24, 2.45) is 0 Å². The molecule has 2 aliphatic rings. The van der Waals surface area contributed by atoms with E-state index >= 15 is 0 Å². The summed E-state index contributed by atoms with van der Waals surface area (Å²) in [5, 5.41) is 5.21. The minimum Gasteiger partial charge on any atom is -0.0984 e. The Morgan fingerprint density at radius 2 is 1.00 bits per heavy atom. The summed E-state index contributed by atoms with van der Waals surface area (Å²) < 4.78 is 0. The van der Waals surface area contributed by atoms with Gasteiger partial charge in [0.1, 0.15) is 7.85 Å². The molecule has 0 bridgehead atoms. The lowest BCUT2D eigenvalue weighted by molar-refractivity contribution is 0.660. The number of hydrogen-bond acceptors (Lipinski definition) is 0. The Labute approximate surface area is 285 Å². The van der Waals surface area contributed by atoms with Crippen LogP contribution >= 0.6 is 0 Å². The van der Waals surface area contributed by atoms with E-state index in [0.29, 0.717) is 0 Å². The fourth-order valence-electron chi connectivity index (χ4n) is 9.18. The molecule has 48 heavy (non-hydrogen) atoms. The van der Waals surface area contributed by atoms with E-state index in [-0.39, 0.29) is 10.8 Å². The highest BCUT2D eigenvalue weighted by Crippen LogP contribution is 2.52. The van der Waals surface area contributed by atoms with Gasteiger partial charge in [0.05, 0.1) is 0 Å². The van der Waals surface area contributed by atoms with Gasteiger partial charge in [-0.25, -0.2) is 0 Å². The monoisotopic (exact) mass is 614 g/mol. The Hall–Kier alpha value is -5.14. The zero-order chi connectivity index (χ0) is 33.1. The van der Waals surface area contributed by atoms with Crippen molar-refractivity contribution in [3.63, 3.8) is 0 Å². The van der Waals surface area contributed by atoms with Crippen molar-refractivity contribution in [3.05, 3.63) is 155 Å². The standard InChI is InChI=1S/C47H39B/c1-7-30-38(29-18-21-35-33-13-9-11-15-40(33)47(5,6)42(35)25-29)26-43(48)37-23-22-36-31(19-16-27(2)44(36)45(30)37)28-17-20-34-32-12-8-10-14-39(32)46(3,4)41(34)24-28/h7-26H,1,48H2,2-6H3. The molecule has 9 rings (SSSR count). The molecule has 1 heteroatoms. The molecule has 0 N–H and O–H groups in total. The molecular formula is C47H39B. The summed E-state index contributed by atoms with van der Waals surface area (Å²) in [4.78, 5) is 0. The molecule has 0 nitrogen and oxygen atoms in total. The number of hydrogen-bond donors (Lipinski definition) is 0. The van der Waals surface area contributed by atoms with Crippen LogP contribution in [0, 0.1) is 6.92 Å². The molecule has 7 aromatic carbocycles. The molecule has 0 saturated carbocycles. The first-order chi connectivity index (χ1) is 23.1. The Bertz CT molecular complexity index is 2540. The second-order valence-corrected chi connectivity index (χ2v) is 15.1. The zero-order valence-corrected chi connectivity index (χ0v) is 28.8. The molecule has 0 heterocycles. The summed E-state index contributed by atoms with van der Waals surface area (Å²) in [6, 6.07) is 43.7. The average molecular weight is 615 g/mol. The maximum absolute atomic E-state index is 4.42. The van der Waals surface area contributed by atoms with Crippen LogP contribution in [-0.2, 0) is 10.8 Å². The molecule has 0 radical (unpaired) electrons. The highest BCUT2D eigenvalue weighted by atomic mass is 14.4. The van der Waals surface area contributed by atoms with E-state index in [2.05, 4.69) is 170 Å². The second kappa shape index (κ2) is 9.94. The molecule has 0 saturated heterocycles. The predicted octanol–water partition coefficient (Wildman–Crippen LogP) is 11.1. The third-order valence-corrected chi connectivity index (χ3v) is 11.7. The molecule has 0 spiro atoms. The van der Waals surface area contributed by atoms with Crippen molar-refractivity contribution in [3.8, 4) is 44.5 Å². The van der Waals surface area contributed by atoms with E-state index in [9.17, 15) is 0 Å². The summed E-state index contributed by atoms with van der Waals surface area (Å²) in [5.74, 6) is 0. The van der Waals surface area contributed by atoms with E-state index in [0.717, 1.165) is 0 Å². The Morgan fingerprint density at radius 3 is 1.58 bits per heavy atom. The van der Waals surface area contributed by atoms with Crippen molar-refractivity contribution in [2.75, 3.05) is 0 Å². The Balaban J connectivity index is 1.27. The van der Waals surface area contributed by atoms with Crippen LogP contribution in [0.5, 0.6) is 0 Å². The van der Waals surface area contributed by atoms with E-state index in [4.69, 9.17) is 0 Å². The van der Waals surface area contributed by atoms with Gasteiger partial charge in [-0.3, -0.25) is 0 Å². The van der Waals surface area contributed by atoms with Gasteiger partial charge < -0.3 is 0 Å². The van der Waals surface area contributed by atoms with Crippen molar-refractivity contribution >= 4 is 40.9 Å². The molecule has 0 aliphatic heterocycles. The topological polar surface area (TPSA) is 0 Å². The summed E-state index contributed by atoms with van der Waals surface area (Å²) in [6.45, 7) is 16.1. The largest absolute Gasteiger partial charge is 0.140 e. The lowest BCUT2D eigenvalue weighted by Gasteiger charge is -2.23. The molecule has 0 aromatic heterocycles. The van der Waals surface area contributed by atoms with Gasteiger partial charge in [0.2, 0.25) is 0 Å². The molecule has 0 atom stereocenters. The zero-order valence-electron chi connectivity index (χ0n) is 28.8. The fourth-order valence-corrected chi connectivity index (χ4v) is 9.18. The molecule has 7 aromatic rings. The first-order valence-electron chi connectivity index (χ1n) is 17.2. The lowest BCUT2D eigenvalue weighted by Crippen LogP contribution is -2.15. The molecule has 0 amide bonds. The van der Waals surface area contributed by atoms with Gasteiger partial charge in [0, 0.05) is 10.8 Å². The van der Waals surface area contributed by atoms with Gasteiger partial charge in [-0.1, -0.05) is 149 Å². The quantitative estimate of drug-likeness (QED) is 0.137. The molecule has 2 aliphatic carbocycles. The number of rotatable bonds is 3. The fraction of sp³-hybridized carbons (Fsp3) is 0.149.